The number of ketones is 1. The normalized spacial score (nSPS) is 10.8. The Morgan fingerprint density at radius 2 is 1.27 bits per heavy atom. The second-order valence-electron chi connectivity index (χ2n) is 7.53. The highest BCUT2D eigenvalue weighted by molar-refractivity contribution is 5.94. The molecule has 2 heteroatoms. The molecule has 148 valence electrons. The maximum Gasteiger partial charge on any atom is 0.159 e. The summed E-state index contributed by atoms with van der Waals surface area (Å²) in [5.74, 6) is 0.902. The third-order valence-electron chi connectivity index (χ3n) is 5.01. The largest absolute Gasteiger partial charge is 0.494 e. The minimum atomic E-state index is 0.0898. The van der Waals surface area contributed by atoms with Crippen molar-refractivity contribution in [1.82, 2.24) is 0 Å². The SMILES string of the molecule is CCCCCCCCCCCCCCCCOc1cccc(C(C)=O)c1. The molecule has 0 N–H and O–H groups in total. The van der Waals surface area contributed by atoms with Crippen molar-refractivity contribution >= 4 is 5.78 Å². The van der Waals surface area contributed by atoms with E-state index in [1.54, 1.807) is 6.92 Å². The maximum atomic E-state index is 11.4. The number of hydrogen-bond acceptors (Lipinski definition) is 2. The number of rotatable bonds is 17. The summed E-state index contributed by atoms with van der Waals surface area (Å²) < 4.78 is 5.75. The van der Waals surface area contributed by atoms with Crippen LogP contribution in [0.3, 0.4) is 0 Å². The van der Waals surface area contributed by atoms with Crippen LogP contribution in [0.15, 0.2) is 24.3 Å². The van der Waals surface area contributed by atoms with E-state index in [1.165, 1.54) is 83.5 Å². The van der Waals surface area contributed by atoms with E-state index in [-0.39, 0.29) is 5.78 Å². The molecule has 1 aromatic carbocycles. The molecular weight excluding hydrogens is 320 g/mol. The average molecular weight is 361 g/mol. The number of benzene rings is 1. The molecule has 0 radical (unpaired) electrons. The van der Waals surface area contributed by atoms with Crippen LogP contribution in [0.4, 0.5) is 0 Å². The van der Waals surface area contributed by atoms with E-state index < -0.39 is 0 Å². The lowest BCUT2D eigenvalue weighted by atomic mass is 10.0. The summed E-state index contributed by atoms with van der Waals surface area (Å²) in [6.07, 6.45) is 19.2. The van der Waals surface area contributed by atoms with Crippen LogP contribution in [0, 0.1) is 0 Å². The Morgan fingerprint density at radius 3 is 1.77 bits per heavy atom. The lowest BCUT2D eigenvalue weighted by molar-refractivity contribution is 0.101. The molecule has 0 saturated heterocycles. The van der Waals surface area contributed by atoms with Gasteiger partial charge in [-0.25, -0.2) is 0 Å². The second kappa shape index (κ2) is 15.9. The number of carbonyl (C=O) groups excluding carboxylic acids is 1. The minimum absolute atomic E-state index is 0.0898. The van der Waals surface area contributed by atoms with Crippen LogP contribution in [0.1, 0.15) is 114 Å². The Kier molecular flexibility index (Phi) is 13.9. The molecule has 0 fully saturated rings. The topological polar surface area (TPSA) is 26.3 Å². The Balaban J connectivity index is 1.85. The quantitative estimate of drug-likeness (QED) is 0.210. The lowest BCUT2D eigenvalue weighted by Gasteiger charge is -2.07. The van der Waals surface area contributed by atoms with Gasteiger partial charge in [-0.15, -0.1) is 0 Å². The van der Waals surface area contributed by atoms with Gasteiger partial charge in [-0.05, 0) is 25.5 Å². The monoisotopic (exact) mass is 360 g/mol. The molecule has 0 atom stereocenters. The van der Waals surface area contributed by atoms with Gasteiger partial charge in [-0.2, -0.15) is 0 Å². The van der Waals surface area contributed by atoms with E-state index in [0.717, 1.165) is 24.3 Å². The first-order chi connectivity index (χ1) is 12.7. The van der Waals surface area contributed by atoms with Crippen molar-refractivity contribution in [1.29, 1.82) is 0 Å². The molecule has 0 aliphatic carbocycles. The van der Waals surface area contributed by atoms with Gasteiger partial charge in [0, 0.05) is 5.56 Å². The van der Waals surface area contributed by atoms with Gasteiger partial charge in [0.2, 0.25) is 0 Å². The van der Waals surface area contributed by atoms with Crippen LogP contribution in [0.25, 0.3) is 0 Å². The lowest BCUT2D eigenvalue weighted by Crippen LogP contribution is -1.99. The van der Waals surface area contributed by atoms with E-state index in [1.807, 2.05) is 24.3 Å². The van der Waals surface area contributed by atoms with E-state index in [2.05, 4.69) is 6.92 Å². The molecule has 0 aromatic heterocycles. The molecule has 1 rings (SSSR count). The fourth-order valence-corrected chi connectivity index (χ4v) is 3.29. The van der Waals surface area contributed by atoms with Crippen LogP contribution in [0.2, 0.25) is 0 Å². The minimum Gasteiger partial charge on any atom is -0.494 e. The highest BCUT2D eigenvalue weighted by Gasteiger charge is 2.01. The van der Waals surface area contributed by atoms with E-state index in [0.29, 0.717) is 0 Å². The number of hydrogen-bond donors (Lipinski definition) is 0. The highest BCUT2D eigenvalue weighted by atomic mass is 16.5. The van der Waals surface area contributed by atoms with Crippen molar-refractivity contribution in [3.63, 3.8) is 0 Å². The molecule has 0 aliphatic heterocycles. The molecule has 26 heavy (non-hydrogen) atoms. The number of carbonyl (C=O) groups is 1. The Hall–Kier alpha value is -1.31. The summed E-state index contributed by atoms with van der Waals surface area (Å²) in [5, 5.41) is 0. The van der Waals surface area contributed by atoms with Gasteiger partial charge < -0.3 is 4.74 Å². The van der Waals surface area contributed by atoms with Crippen LogP contribution >= 0.6 is 0 Å². The van der Waals surface area contributed by atoms with Crippen LogP contribution in [-0.4, -0.2) is 12.4 Å². The van der Waals surface area contributed by atoms with Gasteiger partial charge in [0.15, 0.2) is 5.78 Å². The van der Waals surface area contributed by atoms with E-state index >= 15 is 0 Å². The molecule has 0 heterocycles. The predicted molar refractivity (Wildman–Crippen MR) is 112 cm³/mol. The summed E-state index contributed by atoms with van der Waals surface area (Å²) in [4.78, 5) is 11.4. The predicted octanol–water partition coefficient (Wildman–Crippen LogP) is 7.75. The standard InChI is InChI=1S/C24H40O2/c1-3-4-5-6-7-8-9-10-11-12-13-14-15-16-20-26-24-19-17-18-23(21-24)22(2)25/h17-19,21H,3-16,20H2,1-2H3. The Bertz CT molecular complexity index is 467. The van der Waals surface area contributed by atoms with Crippen molar-refractivity contribution in [2.75, 3.05) is 6.61 Å². The second-order valence-corrected chi connectivity index (χ2v) is 7.53. The van der Waals surface area contributed by atoms with Gasteiger partial charge in [0.25, 0.3) is 0 Å². The van der Waals surface area contributed by atoms with Gasteiger partial charge >= 0.3 is 0 Å². The molecule has 1 aromatic rings. The molecule has 0 bridgehead atoms. The molecule has 0 amide bonds. The molecular formula is C24H40O2. The summed E-state index contributed by atoms with van der Waals surface area (Å²) in [6.45, 7) is 4.62. The zero-order valence-corrected chi connectivity index (χ0v) is 17.2. The summed E-state index contributed by atoms with van der Waals surface area (Å²) in [7, 11) is 0. The number of unbranched alkanes of at least 4 members (excludes halogenated alkanes) is 13. The zero-order valence-electron chi connectivity index (χ0n) is 17.2. The summed E-state index contributed by atoms with van der Waals surface area (Å²) in [5.41, 5.74) is 0.725. The third kappa shape index (κ3) is 12.1. The van der Waals surface area contributed by atoms with Gasteiger partial charge in [-0.3, -0.25) is 4.79 Å². The average Bonchev–Trinajstić information content (AvgIpc) is 2.65. The Labute approximate surface area is 161 Å². The first-order valence-electron chi connectivity index (χ1n) is 11.0. The van der Waals surface area contributed by atoms with Crippen molar-refractivity contribution in [3.05, 3.63) is 29.8 Å². The fourth-order valence-electron chi connectivity index (χ4n) is 3.29. The van der Waals surface area contributed by atoms with Crippen LogP contribution in [-0.2, 0) is 0 Å². The molecule has 0 spiro atoms. The number of ether oxygens (including phenoxy) is 1. The smallest absolute Gasteiger partial charge is 0.159 e. The first-order valence-corrected chi connectivity index (χ1v) is 11.0. The van der Waals surface area contributed by atoms with E-state index in [4.69, 9.17) is 4.74 Å². The maximum absolute atomic E-state index is 11.4. The van der Waals surface area contributed by atoms with Gasteiger partial charge in [-0.1, -0.05) is 103 Å². The fraction of sp³-hybridized carbons (Fsp3) is 0.708. The van der Waals surface area contributed by atoms with Crippen molar-refractivity contribution in [2.24, 2.45) is 0 Å². The zero-order chi connectivity index (χ0) is 18.9. The van der Waals surface area contributed by atoms with Gasteiger partial charge in [0.1, 0.15) is 5.75 Å². The van der Waals surface area contributed by atoms with Crippen molar-refractivity contribution in [2.45, 2.75) is 104 Å². The highest BCUT2D eigenvalue weighted by Crippen LogP contribution is 2.15. The van der Waals surface area contributed by atoms with Crippen LogP contribution < -0.4 is 4.74 Å². The first kappa shape index (κ1) is 22.7. The molecule has 0 saturated carbocycles. The third-order valence-corrected chi connectivity index (χ3v) is 5.01. The van der Waals surface area contributed by atoms with Crippen molar-refractivity contribution in [3.8, 4) is 5.75 Å². The molecule has 0 aliphatic rings. The number of Topliss-reactive ketones (excluding diaryl/α,β-unsaturated/α-hetero) is 1. The van der Waals surface area contributed by atoms with Crippen molar-refractivity contribution < 1.29 is 9.53 Å². The van der Waals surface area contributed by atoms with E-state index in [9.17, 15) is 4.79 Å². The van der Waals surface area contributed by atoms with Crippen LogP contribution in [0.5, 0.6) is 5.75 Å². The van der Waals surface area contributed by atoms with Gasteiger partial charge in [0.05, 0.1) is 6.61 Å². The molecule has 2 nitrogen and oxygen atoms in total. The molecule has 0 unspecified atom stereocenters. The summed E-state index contributed by atoms with van der Waals surface area (Å²) in [6, 6.07) is 7.49. The Morgan fingerprint density at radius 1 is 0.769 bits per heavy atom. The summed E-state index contributed by atoms with van der Waals surface area (Å²) >= 11 is 0.